The van der Waals surface area contributed by atoms with Crippen LogP contribution in [0.5, 0.6) is 5.75 Å². The third-order valence-electron chi connectivity index (χ3n) is 2.88. The molecule has 1 unspecified atom stereocenters. The zero-order chi connectivity index (χ0) is 17.9. The van der Waals surface area contributed by atoms with Crippen molar-refractivity contribution < 1.29 is 19.4 Å². The van der Waals surface area contributed by atoms with Crippen molar-refractivity contribution in [3.05, 3.63) is 44.8 Å². The first kappa shape index (κ1) is 19.2. The summed E-state index contributed by atoms with van der Waals surface area (Å²) in [5.41, 5.74) is 1.41. The lowest BCUT2D eigenvalue weighted by Gasteiger charge is -2.12. The molecule has 0 radical (unpaired) electrons. The second-order valence-electron chi connectivity index (χ2n) is 4.64. The van der Waals surface area contributed by atoms with Crippen molar-refractivity contribution in [2.45, 2.75) is 11.9 Å². The Morgan fingerprint density at radius 1 is 1.50 bits per heavy atom. The van der Waals surface area contributed by atoms with E-state index in [0.29, 0.717) is 20.5 Å². The van der Waals surface area contributed by atoms with Crippen LogP contribution in [0, 0.1) is 0 Å². The predicted molar refractivity (Wildman–Crippen MR) is 105 cm³/mol. The van der Waals surface area contributed by atoms with Gasteiger partial charge in [-0.2, -0.15) is 0 Å². The van der Waals surface area contributed by atoms with Crippen molar-refractivity contribution in [1.82, 2.24) is 5.32 Å². The van der Waals surface area contributed by atoms with Crippen LogP contribution in [-0.4, -0.2) is 26.3 Å². The van der Waals surface area contributed by atoms with E-state index in [1.54, 1.807) is 37.3 Å². The molecule has 0 bridgehead atoms. The first-order valence-electron chi connectivity index (χ1n) is 6.53. The molecule has 1 fully saturated rings. The Bertz CT molecular complexity index is 777. The van der Waals surface area contributed by atoms with Crippen molar-refractivity contribution in [3.63, 3.8) is 0 Å². The van der Waals surface area contributed by atoms with Gasteiger partial charge < -0.3 is 15.2 Å². The SMILES string of the molecule is CC(C=Cc1cc(Br)ccc1OC(Br)C(=O)O)=C1SC(=S)NC1=O. The largest absolute Gasteiger partial charge is 0.478 e. The highest BCUT2D eigenvalue weighted by molar-refractivity contribution is 9.10. The van der Waals surface area contributed by atoms with Gasteiger partial charge in [0, 0.05) is 10.0 Å². The number of carbonyl (C=O) groups excluding carboxylic acids is 1. The number of thioether (sulfide) groups is 1. The number of carbonyl (C=O) groups is 2. The smallest absolute Gasteiger partial charge is 0.356 e. The lowest BCUT2D eigenvalue weighted by Crippen LogP contribution is -2.20. The molecule has 1 aliphatic rings. The van der Waals surface area contributed by atoms with Crippen LogP contribution >= 0.6 is 55.8 Å². The van der Waals surface area contributed by atoms with E-state index in [1.807, 2.05) is 0 Å². The first-order chi connectivity index (χ1) is 11.3. The van der Waals surface area contributed by atoms with E-state index >= 15 is 0 Å². The molecule has 0 aliphatic carbocycles. The normalized spacial score (nSPS) is 17.8. The number of allylic oxidation sites excluding steroid dienone is 2. The summed E-state index contributed by atoms with van der Waals surface area (Å²) in [7, 11) is 0. The van der Waals surface area contributed by atoms with Crippen LogP contribution in [0.1, 0.15) is 12.5 Å². The summed E-state index contributed by atoms with van der Waals surface area (Å²) in [4.78, 5) is 23.2. The molecule has 2 rings (SSSR count). The highest BCUT2D eigenvalue weighted by Crippen LogP contribution is 2.30. The molecule has 1 aromatic carbocycles. The van der Waals surface area contributed by atoms with E-state index in [1.165, 1.54) is 11.8 Å². The average Bonchev–Trinajstić information content (AvgIpc) is 2.85. The zero-order valence-electron chi connectivity index (χ0n) is 12.2. The maximum Gasteiger partial charge on any atom is 0.356 e. The molecule has 5 nitrogen and oxygen atoms in total. The molecule has 1 heterocycles. The van der Waals surface area contributed by atoms with Crippen LogP contribution in [0.2, 0.25) is 0 Å². The quantitative estimate of drug-likeness (QED) is 0.366. The number of thiocarbonyl (C=S) groups is 1. The number of carboxylic acid groups (broad SMARTS) is 1. The molecule has 0 aromatic heterocycles. The Labute approximate surface area is 164 Å². The monoisotopic (exact) mass is 491 g/mol. The van der Waals surface area contributed by atoms with Crippen molar-refractivity contribution in [1.29, 1.82) is 0 Å². The van der Waals surface area contributed by atoms with Crippen LogP contribution in [-0.2, 0) is 9.59 Å². The second kappa shape index (κ2) is 8.28. The molecule has 2 N–H and O–H groups in total. The van der Waals surface area contributed by atoms with Gasteiger partial charge in [-0.15, -0.1) is 0 Å². The lowest BCUT2D eigenvalue weighted by atomic mass is 10.1. The fourth-order valence-corrected chi connectivity index (χ4v) is 3.41. The van der Waals surface area contributed by atoms with Crippen LogP contribution < -0.4 is 10.1 Å². The van der Waals surface area contributed by atoms with Gasteiger partial charge in [0.05, 0.1) is 4.91 Å². The Hall–Kier alpha value is -1.16. The van der Waals surface area contributed by atoms with Gasteiger partial charge in [-0.1, -0.05) is 52.1 Å². The van der Waals surface area contributed by atoms with E-state index in [2.05, 4.69) is 37.2 Å². The Balaban J connectivity index is 2.30. The van der Waals surface area contributed by atoms with E-state index in [9.17, 15) is 9.59 Å². The number of ether oxygens (including phenoxy) is 1. The van der Waals surface area contributed by atoms with Crippen molar-refractivity contribution in [3.8, 4) is 5.75 Å². The molecule has 126 valence electrons. The summed E-state index contributed by atoms with van der Waals surface area (Å²) in [5.74, 6) is -0.946. The number of carboxylic acids is 1. The van der Waals surface area contributed by atoms with Gasteiger partial charge in [-0.25, -0.2) is 4.79 Å². The van der Waals surface area contributed by atoms with Gasteiger partial charge in [-0.3, -0.25) is 4.79 Å². The minimum atomic E-state index is -1.15. The van der Waals surface area contributed by atoms with Crippen LogP contribution in [0.4, 0.5) is 0 Å². The van der Waals surface area contributed by atoms with E-state index in [4.69, 9.17) is 22.1 Å². The van der Waals surface area contributed by atoms with Gasteiger partial charge in [0.2, 0.25) is 5.01 Å². The number of nitrogens with one attached hydrogen (secondary N) is 1. The van der Waals surface area contributed by atoms with Crippen LogP contribution in [0.15, 0.2) is 39.2 Å². The second-order valence-corrected chi connectivity index (χ2v) is 8.08. The number of hydrogen-bond donors (Lipinski definition) is 2. The molecule has 0 spiro atoms. The number of halogens is 2. The molecule has 9 heteroatoms. The minimum absolute atomic E-state index is 0.218. The van der Waals surface area contributed by atoms with E-state index in [0.717, 1.165) is 10.0 Å². The topological polar surface area (TPSA) is 75.6 Å². The van der Waals surface area contributed by atoms with Gasteiger partial charge in [0.25, 0.3) is 5.91 Å². The maximum atomic E-state index is 11.8. The number of rotatable bonds is 5. The molecular weight excluding hydrogens is 482 g/mol. The highest BCUT2D eigenvalue weighted by Gasteiger charge is 2.23. The Morgan fingerprint density at radius 3 is 2.79 bits per heavy atom. The third kappa shape index (κ3) is 4.92. The van der Waals surface area contributed by atoms with Crippen LogP contribution in [0.3, 0.4) is 0 Å². The van der Waals surface area contributed by atoms with Gasteiger partial charge in [0.1, 0.15) is 10.1 Å². The summed E-state index contributed by atoms with van der Waals surface area (Å²) in [6, 6.07) is 5.20. The zero-order valence-corrected chi connectivity index (χ0v) is 17.0. The first-order valence-corrected chi connectivity index (χ1v) is 9.46. The summed E-state index contributed by atoms with van der Waals surface area (Å²) < 4.78 is 6.63. The van der Waals surface area contributed by atoms with Crippen molar-refractivity contribution in [2.24, 2.45) is 0 Å². The average molecular weight is 493 g/mol. The molecule has 1 aromatic rings. The van der Waals surface area contributed by atoms with E-state index in [-0.39, 0.29) is 5.91 Å². The molecular formula is C15H11Br2NO4S2. The lowest BCUT2D eigenvalue weighted by molar-refractivity contribution is -0.140. The third-order valence-corrected chi connectivity index (χ3v) is 5.31. The molecule has 1 saturated heterocycles. The number of hydrogen-bond acceptors (Lipinski definition) is 5. The maximum absolute atomic E-state index is 11.8. The summed E-state index contributed by atoms with van der Waals surface area (Å²) in [5, 5.41) is 10.3. The number of alkyl halides is 1. The Kier molecular flexibility index (Phi) is 6.62. The van der Waals surface area contributed by atoms with E-state index < -0.39 is 11.0 Å². The van der Waals surface area contributed by atoms with Gasteiger partial charge >= 0.3 is 5.97 Å². The van der Waals surface area contributed by atoms with Crippen molar-refractivity contribution in [2.75, 3.05) is 0 Å². The summed E-state index contributed by atoms with van der Waals surface area (Å²) in [6.07, 6.45) is 3.51. The van der Waals surface area contributed by atoms with Crippen LogP contribution in [0.25, 0.3) is 6.08 Å². The number of amides is 1. The number of benzene rings is 1. The Morgan fingerprint density at radius 2 is 2.21 bits per heavy atom. The molecule has 1 amide bonds. The number of aliphatic carboxylic acids is 1. The molecule has 1 atom stereocenters. The molecule has 24 heavy (non-hydrogen) atoms. The molecule has 0 saturated carbocycles. The fraction of sp³-hybridized carbons (Fsp3) is 0.133. The van der Waals surface area contributed by atoms with Gasteiger partial charge in [-0.05, 0) is 46.6 Å². The minimum Gasteiger partial charge on any atom is -0.478 e. The fourth-order valence-electron chi connectivity index (χ4n) is 1.78. The summed E-state index contributed by atoms with van der Waals surface area (Å²) >= 11 is 12.5. The molecule has 1 aliphatic heterocycles. The van der Waals surface area contributed by atoms with Crippen molar-refractivity contribution >= 4 is 78.1 Å². The predicted octanol–water partition coefficient (Wildman–Crippen LogP) is 4.07. The summed E-state index contributed by atoms with van der Waals surface area (Å²) in [6.45, 7) is 1.80. The van der Waals surface area contributed by atoms with Gasteiger partial charge in [0.15, 0.2) is 0 Å². The highest BCUT2D eigenvalue weighted by atomic mass is 79.9. The standard InChI is InChI=1S/C15H11Br2NO4S2/c1-7(11-13(19)18-15(23)24-11)2-3-8-6-9(16)4-5-10(8)22-12(17)14(20)21/h2-6,12H,1H3,(H,20,21)(H,18,19,23).